The van der Waals surface area contributed by atoms with Crippen LogP contribution in [-0.2, 0) is 0 Å². The Morgan fingerprint density at radius 3 is 2.08 bits per heavy atom. The molecule has 0 saturated heterocycles. The third-order valence-electron chi connectivity index (χ3n) is 4.78. The van der Waals surface area contributed by atoms with Gasteiger partial charge in [-0.15, -0.1) is 0 Å². The molecule has 1 aliphatic carbocycles. The maximum absolute atomic E-state index is 13.4. The highest BCUT2D eigenvalue weighted by Gasteiger charge is 2.17. The molecule has 126 valence electrons. The molecule has 0 saturated carbocycles. The summed E-state index contributed by atoms with van der Waals surface area (Å²) in [6.45, 7) is 2.21. The normalized spacial score (nSPS) is 20.3. The Morgan fingerprint density at radius 1 is 0.875 bits per heavy atom. The number of hydrogen-bond acceptors (Lipinski definition) is 0. The van der Waals surface area contributed by atoms with E-state index in [0.29, 0.717) is 23.0 Å². The van der Waals surface area contributed by atoms with Gasteiger partial charge in [0.25, 0.3) is 0 Å². The van der Waals surface area contributed by atoms with Crippen LogP contribution in [0.1, 0.15) is 44.1 Å². The van der Waals surface area contributed by atoms with Gasteiger partial charge in [-0.25, -0.2) is 13.2 Å². The van der Waals surface area contributed by atoms with E-state index in [1.54, 1.807) is 0 Å². The molecule has 0 aromatic heterocycles. The second kappa shape index (κ2) is 7.25. The highest BCUT2D eigenvalue weighted by atomic mass is 19.2. The van der Waals surface area contributed by atoms with Crippen LogP contribution < -0.4 is 0 Å². The van der Waals surface area contributed by atoms with Gasteiger partial charge in [0.15, 0.2) is 17.5 Å². The Balaban J connectivity index is 1.78. The molecule has 0 N–H and O–H groups in total. The maximum atomic E-state index is 13.4. The molecule has 2 atom stereocenters. The summed E-state index contributed by atoms with van der Waals surface area (Å²) in [4.78, 5) is 0. The average molecular weight is 330 g/mol. The summed E-state index contributed by atoms with van der Waals surface area (Å²) in [6, 6.07) is 9.72. The molecule has 0 bridgehead atoms. The molecule has 0 nitrogen and oxygen atoms in total. The van der Waals surface area contributed by atoms with Crippen molar-refractivity contribution in [3.8, 4) is 11.1 Å². The highest BCUT2D eigenvalue weighted by molar-refractivity contribution is 5.64. The smallest absolute Gasteiger partial charge is 0.194 e. The summed E-state index contributed by atoms with van der Waals surface area (Å²) >= 11 is 0. The summed E-state index contributed by atoms with van der Waals surface area (Å²) in [5.74, 6) is -2.66. The first-order valence-electron chi connectivity index (χ1n) is 8.51. The number of halogens is 3. The van der Waals surface area contributed by atoms with Gasteiger partial charge in [-0.2, -0.15) is 0 Å². The minimum Gasteiger partial charge on any atom is -0.204 e. The van der Waals surface area contributed by atoms with Crippen molar-refractivity contribution in [3.63, 3.8) is 0 Å². The van der Waals surface area contributed by atoms with Gasteiger partial charge in [-0.05, 0) is 54.0 Å². The van der Waals surface area contributed by atoms with E-state index < -0.39 is 17.5 Å². The number of allylic oxidation sites excluding steroid dienone is 2. The Hall–Kier alpha value is -2.03. The van der Waals surface area contributed by atoms with E-state index in [0.717, 1.165) is 18.6 Å². The zero-order chi connectivity index (χ0) is 17.1. The van der Waals surface area contributed by atoms with E-state index in [2.05, 4.69) is 19.1 Å². The number of benzene rings is 2. The first-order chi connectivity index (χ1) is 11.6. The Kier molecular flexibility index (Phi) is 5.08. The van der Waals surface area contributed by atoms with Crippen LogP contribution in [0.3, 0.4) is 0 Å². The topological polar surface area (TPSA) is 0 Å². The molecular weight excluding hydrogens is 309 g/mol. The lowest BCUT2D eigenvalue weighted by molar-refractivity contribution is 0.447. The first-order valence-corrected chi connectivity index (χ1v) is 8.51. The van der Waals surface area contributed by atoms with Gasteiger partial charge < -0.3 is 0 Å². The SMILES string of the molecule is CCCC1C=CC(c2ccc(-c3cc(F)c(F)c(F)c3)cc2)CC1. The van der Waals surface area contributed by atoms with Crippen LogP contribution in [0.2, 0.25) is 0 Å². The monoisotopic (exact) mass is 330 g/mol. The predicted octanol–water partition coefficient (Wildman–Crippen LogP) is 6.62. The molecule has 1 aliphatic rings. The fourth-order valence-corrected chi connectivity index (χ4v) is 3.41. The van der Waals surface area contributed by atoms with Gasteiger partial charge in [0.2, 0.25) is 0 Å². The lowest BCUT2D eigenvalue weighted by Crippen LogP contribution is -2.07. The van der Waals surface area contributed by atoms with Crippen LogP contribution >= 0.6 is 0 Å². The van der Waals surface area contributed by atoms with Crippen molar-refractivity contribution in [2.45, 2.75) is 38.5 Å². The van der Waals surface area contributed by atoms with Gasteiger partial charge in [0.1, 0.15) is 0 Å². The van der Waals surface area contributed by atoms with Gasteiger partial charge in [0, 0.05) is 5.92 Å². The Labute approximate surface area is 141 Å². The van der Waals surface area contributed by atoms with Crippen LogP contribution in [0.25, 0.3) is 11.1 Å². The lowest BCUT2D eigenvalue weighted by atomic mass is 9.82. The summed E-state index contributed by atoms with van der Waals surface area (Å²) in [5, 5.41) is 0. The maximum Gasteiger partial charge on any atom is 0.194 e. The molecule has 2 aromatic rings. The van der Waals surface area contributed by atoms with Gasteiger partial charge in [0.05, 0.1) is 0 Å². The molecule has 0 fully saturated rings. The van der Waals surface area contributed by atoms with E-state index in [9.17, 15) is 13.2 Å². The summed E-state index contributed by atoms with van der Waals surface area (Å²) < 4.78 is 39.8. The van der Waals surface area contributed by atoms with Crippen molar-refractivity contribution in [3.05, 3.63) is 71.6 Å². The second-order valence-electron chi connectivity index (χ2n) is 6.49. The van der Waals surface area contributed by atoms with E-state index >= 15 is 0 Å². The Bertz CT molecular complexity index is 708. The molecule has 2 unspecified atom stereocenters. The van der Waals surface area contributed by atoms with Gasteiger partial charge in [-0.1, -0.05) is 49.8 Å². The minimum absolute atomic E-state index is 0.347. The molecule has 0 spiro atoms. The highest BCUT2D eigenvalue weighted by Crippen LogP contribution is 2.33. The third kappa shape index (κ3) is 3.55. The quantitative estimate of drug-likeness (QED) is 0.436. The van der Waals surface area contributed by atoms with Crippen molar-refractivity contribution < 1.29 is 13.2 Å². The minimum atomic E-state index is -1.43. The van der Waals surface area contributed by atoms with Crippen LogP contribution in [-0.4, -0.2) is 0 Å². The molecule has 24 heavy (non-hydrogen) atoms. The van der Waals surface area contributed by atoms with E-state index in [4.69, 9.17) is 0 Å². The van der Waals surface area contributed by atoms with Crippen molar-refractivity contribution in [2.24, 2.45) is 5.92 Å². The Morgan fingerprint density at radius 2 is 1.54 bits per heavy atom. The molecule has 0 amide bonds. The lowest BCUT2D eigenvalue weighted by Gasteiger charge is -2.23. The average Bonchev–Trinajstić information content (AvgIpc) is 2.60. The van der Waals surface area contributed by atoms with Gasteiger partial charge in [-0.3, -0.25) is 0 Å². The second-order valence-corrected chi connectivity index (χ2v) is 6.49. The number of rotatable bonds is 4. The number of hydrogen-bond donors (Lipinski definition) is 0. The van der Waals surface area contributed by atoms with Crippen LogP contribution in [0.5, 0.6) is 0 Å². The molecule has 3 rings (SSSR count). The summed E-state index contributed by atoms with van der Waals surface area (Å²) in [5.41, 5.74) is 2.23. The zero-order valence-corrected chi connectivity index (χ0v) is 13.7. The fourth-order valence-electron chi connectivity index (χ4n) is 3.41. The molecule has 0 aliphatic heterocycles. The summed E-state index contributed by atoms with van der Waals surface area (Å²) in [6.07, 6.45) is 9.36. The largest absolute Gasteiger partial charge is 0.204 e. The fraction of sp³-hybridized carbons (Fsp3) is 0.333. The van der Waals surface area contributed by atoms with Gasteiger partial charge >= 0.3 is 0 Å². The third-order valence-corrected chi connectivity index (χ3v) is 4.78. The van der Waals surface area contributed by atoms with Crippen molar-refractivity contribution in [1.82, 2.24) is 0 Å². The first kappa shape index (κ1) is 16.8. The molecular formula is C21H21F3. The van der Waals surface area contributed by atoms with Crippen LogP contribution in [0, 0.1) is 23.4 Å². The predicted molar refractivity (Wildman–Crippen MR) is 91.3 cm³/mol. The summed E-state index contributed by atoms with van der Waals surface area (Å²) in [7, 11) is 0. The van der Waals surface area contributed by atoms with E-state index in [1.807, 2.05) is 24.3 Å². The molecule has 2 aromatic carbocycles. The van der Waals surface area contributed by atoms with Crippen molar-refractivity contribution in [1.29, 1.82) is 0 Å². The van der Waals surface area contributed by atoms with Crippen LogP contribution in [0.4, 0.5) is 13.2 Å². The van der Waals surface area contributed by atoms with E-state index in [1.165, 1.54) is 24.8 Å². The molecule has 3 heteroatoms. The van der Waals surface area contributed by atoms with E-state index in [-0.39, 0.29) is 0 Å². The van der Waals surface area contributed by atoms with Crippen LogP contribution in [0.15, 0.2) is 48.6 Å². The molecule has 0 radical (unpaired) electrons. The molecule has 0 heterocycles. The van der Waals surface area contributed by atoms with Crippen molar-refractivity contribution >= 4 is 0 Å². The zero-order valence-electron chi connectivity index (χ0n) is 13.7. The standard InChI is InChI=1S/C21H21F3/c1-2-3-14-4-6-15(7-5-14)16-8-10-17(11-9-16)18-12-19(22)21(24)20(23)13-18/h4,6,8-15H,2-3,5,7H2,1H3. The van der Waals surface area contributed by atoms with Crippen molar-refractivity contribution in [2.75, 3.05) is 0 Å².